The van der Waals surface area contributed by atoms with Crippen LogP contribution in [0, 0.1) is 0 Å². The van der Waals surface area contributed by atoms with Gasteiger partial charge in [-0.2, -0.15) is 0 Å². The second-order valence-corrected chi connectivity index (χ2v) is 8.65. The van der Waals surface area contributed by atoms with Crippen LogP contribution in [-0.4, -0.2) is 105 Å². The van der Waals surface area contributed by atoms with E-state index in [0.29, 0.717) is 6.04 Å². The standard InChI is InChI=1S/C21H36N6O2S/c1-3-22-21(23-6-7-25-8-10-26(11-9-25)18(2)28)24-17-19(20-5-4-16-30-20)27-12-14-29-15-13-27/h4-5,16,19H,3,6-15,17H2,1-2H3,(H2,22,23,24). The minimum atomic E-state index is 0.176. The number of thiophene rings is 1. The number of guanidine groups is 1. The van der Waals surface area contributed by atoms with Crippen molar-refractivity contribution < 1.29 is 9.53 Å². The van der Waals surface area contributed by atoms with E-state index in [1.807, 2.05) is 4.90 Å². The highest BCUT2D eigenvalue weighted by Crippen LogP contribution is 2.26. The zero-order valence-electron chi connectivity index (χ0n) is 18.3. The molecule has 2 aliphatic rings. The van der Waals surface area contributed by atoms with Crippen LogP contribution in [0.2, 0.25) is 0 Å². The first kappa shape index (κ1) is 23.0. The number of nitrogens with one attached hydrogen (secondary N) is 2. The number of piperazine rings is 1. The first-order valence-electron chi connectivity index (χ1n) is 11.0. The largest absolute Gasteiger partial charge is 0.379 e. The fourth-order valence-electron chi connectivity index (χ4n) is 3.89. The minimum Gasteiger partial charge on any atom is -0.379 e. The van der Waals surface area contributed by atoms with Gasteiger partial charge in [-0.15, -0.1) is 11.3 Å². The number of amides is 1. The van der Waals surface area contributed by atoms with Gasteiger partial charge < -0.3 is 20.3 Å². The van der Waals surface area contributed by atoms with Gasteiger partial charge in [0.15, 0.2) is 5.96 Å². The summed E-state index contributed by atoms with van der Waals surface area (Å²) in [5.41, 5.74) is 0. The van der Waals surface area contributed by atoms with E-state index in [1.165, 1.54) is 4.88 Å². The van der Waals surface area contributed by atoms with Gasteiger partial charge in [0.25, 0.3) is 0 Å². The number of nitrogens with zero attached hydrogens (tertiary/aromatic N) is 4. The SMILES string of the molecule is CCNC(=NCC(c1cccs1)N1CCOCC1)NCCN1CCN(C(C)=O)CC1. The number of carbonyl (C=O) groups excluding carboxylic acids is 1. The molecule has 1 atom stereocenters. The lowest BCUT2D eigenvalue weighted by molar-refractivity contribution is -0.130. The molecule has 8 nitrogen and oxygen atoms in total. The third-order valence-electron chi connectivity index (χ3n) is 5.66. The van der Waals surface area contributed by atoms with Gasteiger partial charge in [0.2, 0.25) is 5.91 Å². The highest BCUT2D eigenvalue weighted by molar-refractivity contribution is 7.10. The number of hydrogen-bond acceptors (Lipinski definition) is 6. The van der Waals surface area contributed by atoms with E-state index in [1.54, 1.807) is 18.3 Å². The van der Waals surface area contributed by atoms with E-state index in [0.717, 1.165) is 84.6 Å². The molecular formula is C21H36N6O2S. The summed E-state index contributed by atoms with van der Waals surface area (Å²) < 4.78 is 5.54. The molecule has 2 aliphatic heterocycles. The van der Waals surface area contributed by atoms with Gasteiger partial charge in [-0.25, -0.2) is 0 Å². The Morgan fingerprint density at radius 2 is 1.97 bits per heavy atom. The molecule has 1 aromatic rings. The van der Waals surface area contributed by atoms with E-state index in [9.17, 15) is 4.79 Å². The van der Waals surface area contributed by atoms with Crippen LogP contribution in [0.4, 0.5) is 0 Å². The quantitative estimate of drug-likeness (QED) is 0.465. The molecule has 0 spiro atoms. The fourth-order valence-corrected chi connectivity index (χ4v) is 4.75. The van der Waals surface area contributed by atoms with Crippen LogP contribution >= 0.6 is 11.3 Å². The number of aliphatic imine (C=N–C) groups is 1. The van der Waals surface area contributed by atoms with Crippen molar-refractivity contribution in [3.63, 3.8) is 0 Å². The van der Waals surface area contributed by atoms with E-state index < -0.39 is 0 Å². The molecular weight excluding hydrogens is 400 g/mol. The molecule has 1 amide bonds. The minimum absolute atomic E-state index is 0.176. The lowest BCUT2D eigenvalue weighted by atomic mass is 10.2. The highest BCUT2D eigenvalue weighted by atomic mass is 32.1. The molecule has 2 saturated heterocycles. The monoisotopic (exact) mass is 436 g/mol. The van der Waals surface area contributed by atoms with E-state index in [-0.39, 0.29) is 5.91 Å². The van der Waals surface area contributed by atoms with Crippen LogP contribution in [0.5, 0.6) is 0 Å². The average Bonchev–Trinajstić information content (AvgIpc) is 3.29. The van der Waals surface area contributed by atoms with Gasteiger partial charge in [0.05, 0.1) is 25.8 Å². The van der Waals surface area contributed by atoms with Crippen LogP contribution in [0.25, 0.3) is 0 Å². The van der Waals surface area contributed by atoms with Crippen LogP contribution in [0.15, 0.2) is 22.5 Å². The number of hydrogen-bond donors (Lipinski definition) is 2. The fraction of sp³-hybridized carbons (Fsp3) is 0.714. The van der Waals surface area contributed by atoms with Gasteiger partial charge in [-0.1, -0.05) is 6.07 Å². The van der Waals surface area contributed by atoms with Crippen molar-refractivity contribution in [3.8, 4) is 0 Å². The molecule has 1 unspecified atom stereocenters. The molecule has 2 N–H and O–H groups in total. The molecule has 1 aromatic heterocycles. The maximum atomic E-state index is 11.5. The van der Waals surface area contributed by atoms with Crippen molar-refractivity contribution in [1.29, 1.82) is 0 Å². The molecule has 0 aromatic carbocycles. The molecule has 30 heavy (non-hydrogen) atoms. The Hall–Kier alpha value is -1.68. The number of rotatable bonds is 8. The van der Waals surface area contributed by atoms with E-state index in [2.05, 4.69) is 44.9 Å². The lowest BCUT2D eigenvalue weighted by Gasteiger charge is -2.34. The Morgan fingerprint density at radius 3 is 2.60 bits per heavy atom. The molecule has 0 bridgehead atoms. The predicted octanol–water partition coefficient (Wildman–Crippen LogP) is 0.841. The summed E-state index contributed by atoms with van der Waals surface area (Å²) in [6.07, 6.45) is 0. The van der Waals surface area contributed by atoms with Crippen molar-refractivity contribution >= 4 is 23.2 Å². The Morgan fingerprint density at radius 1 is 1.20 bits per heavy atom. The van der Waals surface area contributed by atoms with Gasteiger partial charge >= 0.3 is 0 Å². The smallest absolute Gasteiger partial charge is 0.219 e. The van der Waals surface area contributed by atoms with Crippen LogP contribution in [0.1, 0.15) is 24.8 Å². The predicted molar refractivity (Wildman–Crippen MR) is 122 cm³/mol. The molecule has 0 aliphatic carbocycles. The van der Waals surface area contributed by atoms with Gasteiger partial charge in [-0.3, -0.25) is 19.6 Å². The molecule has 3 rings (SSSR count). The zero-order valence-corrected chi connectivity index (χ0v) is 19.1. The highest BCUT2D eigenvalue weighted by Gasteiger charge is 2.23. The second-order valence-electron chi connectivity index (χ2n) is 7.67. The zero-order chi connectivity index (χ0) is 21.2. The van der Waals surface area contributed by atoms with Crippen molar-refractivity contribution in [2.75, 3.05) is 78.7 Å². The van der Waals surface area contributed by atoms with E-state index in [4.69, 9.17) is 9.73 Å². The van der Waals surface area contributed by atoms with Crippen LogP contribution in [0.3, 0.4) is 0 Å². The number of morpholine rings is 1. The Kier molecular flexibility index (Phi) is 9.38. The van der Waals surface area contributed by atoms with Crippen molar-refractivity contribution in [2.45, 2.75) is 19.9 Å². The summed E-state index contributed by atoms with van der Waals surface area (Å²) >= 11 is 1.80. The summed E-state index contributed by atoms with van der Waals surface area (Å²) in [7, 11) is 0. The van der Waals surface area contributed by atoms with Gasteiger partial charge in [0, 0.05) is 70.7 Å². The summed E-state index contributed by atoms with van der Waals surface area (Å²) in [5, 5.41) is 9.00. The first-order valence-corrected chi connectivity index (χ1v) is 11.9. The van der Waals surface area contributed by atoms with Crippen molar-refractivity contribution in [1.82, 2.24) is 25.3 Å². The Bertz CT molecular complexity index is 654. The normalized spacial score (nSPS) is 20.2. The van der Waals surface area contributed by atoms with Gasteiger partial charge in [0.1, 0.15) is 0 Å². The maximum absolute atomic E-state index is 11.5. The molecule has 0 radical (unpaired) electrons. The summed E-state index contributed by atoms with van der Waals surface area (Å²) in [6, 6.07) is 4.62. The Balaban J connectivity index is 1.50. The van der Waals surface area contributed by atoms with Crippen LogP contribution in [-0.2, 0) is 9.53 Å². The lowest BCUT2D eigenvalue weighted by Crippen LogP contribution is -2.50. The maximum Gasteiger partial charge on any atom is 0.219 e. The molecule has 3 heterocycles. The molecule has 2 fully saturated rings. The molecule has 0 saturated carbocycles. The average molecular weight is 437 g/mol. The Labute approximate surface area is 184 Å². The topological polar surface area (TPSA) is 72.4 Å². The summed E-state index contributed by atoms with van der Waals surface area (Å²) in [5.74, 6) is 1.05. The molecule has 168 valence electrons. The summed E-state index contributed by atoms with van der Waals surface area (Å²) in [6.45, 7) is 14.1. The van der Waals surface area contributed by atoms with E-state index >= 15 is 0 Å². The second kappa shape index (κ2) is 12.2. The molecule has 9 heteroatoms. The first-order chi connectivity index (χ1) is 14.7. The van der Waals surface area contributed by atoms with Gasteiger partial charge in [-0.05, 0) is 18.4 Å². The van der Waals surface area contributed by atoms with Crippen molar-refractivity contribution in [3.05, 3.63) is 22.4 Å². The summed E-state index contributed by atoms with van der Waals surface area (Å²) in [4.78, 5) is 24.5. The number of ether oxygens (including phenoxy) is 1. The van der Waals surface area contributed by atoms with Crippen molar-refractivity contribution in [2.24, 2.45) is 4.99 Å². The number of carbonyl (C=O) groups is 1. The third-order valence-corrected chi connectivity index (χ3v) is 6.64. The third kappa shape index (κ3) is 6.94. The van der Waals surface area contributed by atoms with Crippen LogP contribution < -0.4 is 10.6 Å².